The number of alkyl halides is 3. The van der Waals surface area contributed by atoms with Crippen molar-refractivity contribution < 1.29 is 76.8 Å². The number of benzene rings is 2. The maximum Gasteiger partial charge on any atom is 0.490 e. The number of hydrogen-bond donors (Lipinski definition) is 7. The minimum absolute atomic E-state index is 0.0240. The summed E-state index contributed by atoms with van der Waals surface area (Å²) in [6.07, 6.45) is 8.07. The summed E-state index contributed by atoms with van der Waals surface area (Å²) in [5.74, 6) is -9.24. The zero-order valence-corrected chi connectivity index (χ0v) is 35.6. The van der Waals surface area contributed by atoms with Crippen LogP contribution in [0, 0.1) is 0 Å². The molecule has 2 aliphatic rings. The monoisotopic (exact) mass is 897 g/mol. The van der Waals surface area contributed by atoms with Crippen LogP contribution in [0.3, 0.4) is 0 Å². The van der Waals surface area contributed by atoms with E-state index in [1.165, 1.54) is 0 Å². The fourth-order valence-electron chi connectivity index (χ4n) is 7.33. The van der Waals surface area contributed by atoms with Gasteiger partial charge in [-0.1, -0.05) is 80.6 Å². The first-order chi connectivity index (χ1) is 29.9. The molecule has 4 rings (SSSR count). The number of carboxylic acids is 5. The molecule has 0 aromatic heterocycles. The summed E-state index contributed by atoms with van der Waals surface area (Å²) in [4.78, 5) is 80.9. The Balaban J connectivity index is 0.00000143. The first-order valence-corrected chi connectivity index (χ1v) is 20.0. The Bertz CT molecular complexity index is 2260. The molecule has 2 aliphatic heterocycles. The number of amides is 2. The number of para-hydroxylation sites is 2. The normalized spacial score (nSPS) is 16.5. The van der Waals surface area contributed by atoms with E-state index in [1.54, 1.807) is 0 Å². The van der Waals surface area contributed by atoms with Gasteiger partial charge in [-0.3, -0.25) is 19.2 Å². The van der Waals surface area contributed by atoms with Gasteiger partial charge in [-0.15, -0.1) is 0 Å². The summed E-state index contributed by atoms with van der Waals surface area (Å²) >= 11 is 0. The van der Waals surface area contributed by atoms with E-state index < -0.39 is 72.8 Å². The minimum atomic E-state index is -5.08. The second-order valence-corrected chi connectivity index (χ2v) is 15.8. The van der Waals surface area contributed by atoms with E-state index in [1.807, 2.05) is 78.9 Å². The molecule has 0 saturated heterocycles. The number of nitrogens with zero attached hydrogens (tertiary/aromatic N) is 2. The van der Waals surface area contributed by atoms with Crippen molar-refractivity contribution in [2.75, 3.05) is 18.0 Å². The molecule has 2 aromatic rings. The molecule has 2 atom stereocenters. The van der Waals surface area contributed by atoms with Crippen LogP contribution in [0.25, 0.3) is 0 Å². The number of allylic oxidation sites excluding steroid dienone is 8. The molecule has 0 radical (unpaired) electrons. The highest BCUT2D eigenvalue weighted by atomic mass is 19.4. The summed E-state index contributed by atoms with van der Waals surface area (Å²) in [5, 5.41) is 48.3. The third-order valence-corrected chi connectivity index (χ3v) is 10.4. The van der Waals surface area contributed by atoms with Gasteiger partial charge in [-0.05, 0) is 38.0 Å². The van der Waals surface area contributed by atoms with Crippen LogP contribution in [-0.4, -0.2) is 109 Å². The van der Waals surface area contributed by atoms with Crippen molar-refractivity contribution in [1.29, 1.82) is 0 Å². The predicted octanol–water partition coefficient (Wildman–Crippen LogP) is 5.70. The lowest BCUT2D eigenvalue weighted by Crippen LogP contribution is -2.42. The number of fused-ring (bicyclic) bond motifs is 2. The molecular formula is C45H52F3N4O12+. The summed E-state index contributed by atoms with van der Waals surface area (Å²) in [6.45, 7) is 9.47. The van der Waals surface area contributed by atoms with Crippen LogP contribution >= 0.6 is 0 Å². The quantitative estimate of drug-likeness (QED) is 0.0624. The molecule has 0 aliphatic carbocycles. The van der Waals surface area contributed by atoms with Crippen LogP contribution in [0.5, 0.6) is 0 Å². The van der Waals surface area contributed by atoms with Crippen molar-refractivity contribution in [3.05, 3.63) is 108 Å². The number of hydrogen-bond acceptors (Lipinski definition) is 8. The Hall–Kier alpha value is -7.05. The second-order valence-electron chi connectivity index (χ2n) is 15.8. The molecule has 16 nitrogen and oxygen atoms in total. The van der Waals surface area contributed by atoms with Gasteiger partial charge >= 0.3 is 36.0 Å². The van der Waals surface area contributed by atoms with Gasteiger partial charge in [-0.2, -0.15) is 17.7 Å². The van der Waals surface area contributed by atoms with Gasteiger partial charge in [0.15, 0.2) is 5.71 Å². The molecular weight excluding hydrogens is 846 g/mol. The maximum atomic E-state index is 12.5. The third-order valence-electron chi connectivity index (χ3n) is 10.4. The number of halogens is 3. The van der Waals surface area contributed by atoms with Crippen LogP contribution in [0.1, 0.15) is 77.3 Å². The van der Waals surface area contributed by atoms with E-state index in [4.69, 9.17) is 20.1 Å². The lowest BCUT2D eigenvalue weighted by Gasteiger charge is -2.27. The molecule has 64 heavy (non-hydrogen) atoms. The van der Waals surface area contributed by atoms with Gasteiger partial charge in [0, 0.05) is 60.3 Å². The van der Waals surface area contributed by atoms with Crippen molar-refractivity contribution in [1.82, 2.24) is 10.6 Å². The highest BCUT2D eigenvalue weighted by molar-refractivity contribution is 6.03. The highest BCUT2D eigenvalue weighted by Gasteiger charge is 2.44. The molecule has 7 N–H and O–H groups in total. The van der Waals surface area contributed by atoms with Gasteiger partial charge in [0.1, 0.15) is 18.6 Å². The number of carboxylic acid groups (broad SMARTS) is 5. The number of rotatable bonds is 20. The number of aliphatic carboxylic acids is 5. The number of anilines is 1. The Morgan fingerprint density at radius 2 is 1.17 bits per heavy atom. The minimum Gasteiger partial charge on any atom is -0.481 e. The van der Waals surface area contributed by atoms with Crippen molar-refractivity contribution in [3.8, 4) is 0 Å². The van der Waals surface area contributed by atoms with Crippen molar-refractivity contribution in [2.24, 2.45) is 0 Å². The third kappa shape index (κ3) is 14.0. The average Bonchev–Trinajstić information content (AvgIpc) is 3.54. The summed E-state index contributed by atoms with van der Waals surface area (Å²) in [7, 11) is 0. The SMILES string of the molecule is CC1(C)C(/C=C/C=C/C=C/C=C2/N(CCCC(=O)N[C@@H](CC(=O)O)C(=O)O)c3ccccc3C2(C)C)=[N+](CCCC(=O)N[C@@H](CC(=O)O)C(=O)O)c2ccccc21.O=C(O)C(F)(F)F. The molecule has 0 saturated carbocycles. The smallest absolute Gasteiger partial charge is 0.481 e. The predicted molar refractivity (Wildman–Crippen MR) is 227 cm³/mol. The second kappa shape index (κ2) is 22.3. The molecule has 19 heteroatoms. The molecule has 0 unspecified atom stereocenters. The average molecular weight is 898 g/mol. The lowest BCUT2D eigenvalue weighted by molar-refractivity contribution is -0.438. The zero-order chi connectivity index (χ0) is 48.0. The fraction of sp³-hybridized carbons (Fsp3) is 0.378. The van der Waals surface area contributed by atoms with E-state index in [0.29, 0.717) is 25.9 Å². The lowest BCUT2D eigenvalue weighted by atomic mass is 9.81. The standard InChI is InChI=1S/C43H50N4O10.C2HF3O2/c1-42(2)28-16-10-12-18-32(28)46(24-14-22-36(48)44-30(40(54)55)26-38(50)51)34(42)20-8-6-5-7-9-21-35-43(3,4)29-17-11-13-19-33(29)47(35)25-15-23-37(49)45-31(41(56)57)27-39(52)53;3-2(4,5)1(6)7/h5-13,16-21,30-31H,14-15,22-27H2,1-4H3,(H5-,44,45,48,49,50,51,52,53,54,55,56,57);(H,6,7)/p+1/t30-,31-;/m0./s1. The van der Waals surface area contributed by atoms with Gasteiger partial charge in [0.2, 0.25) is 17.5 Å². The fourth-order valence-corrected chi connectivity index (χ4v) is 7.33. The number of carbonyl (C=O) groups excluding carboxylic acids is 2. The Morgan fingerprint density at radius 1 is 0.688 bits per heavy atom. The van der Waals surface area contributed by atoms with E-state index >= 15 is 0 Å². The highest BCUT2D eigenvalue weighted by Crippen LogP contribution is 2.47. The Morgan fingerprint density at radius 3 is 1.70 bits per heavy atom. The Kier molecular flexibility index (Phi) is 17.9. The maximum absolute atomic E-state index is 12.5. The molecule has 0 spiro atoms. The van der Waals surface area contributed by atoms with Crippen LogP contribution in [0.15, 0.2) is 96.8 Å². The number of carbonyl (C=O) groups is 7. The summed E-state index contributed by atoms with van der Waals surface area (Å²) in [6, 6.07) is 13.1. The van der Waals surface area contributed by atoms with Crippen molar-refractivity contribution in [2.45, 2.75) is 95.3 Å². The summed E-state index contributed by atoms with van der Waals surface area (Å²) < 4.78 is 33.9. The first kappa shape index (κ1) is 51.3. The van der Waals surface area contributed by atoms with E-state index in [2.05, 4.69) is 59.9 Å². The van der Waals surface area contributed by atoms with Gasteiger partial charge in [0.25, 0.3) is 0 Å². The van der Waals surface area contributed by atoms with Crippen LogP contribution in [0.4, 0.5) is 24.5 Å². The molecule has 344 valence electrons. The largest absolute Gasteiger partial charge is 0.490 e. The Labute approximate surface area is 366 Å². The molecule has 2 amide bonds. The van der Waals surface area contributed by atoms with Gasteiger partial charge in [-0.25, -0.2) is 14.4 Å². The first-order valence-electron chi connectivity index (χ1n) is 20.0. The summed E-state index contributed by atoms with van der Waals surface area (Å²) in [5.41, 5.74) is 5.63. The van der Waals surface area contributed by atoms with Gasteiger partial charge < -0.3 is 41.1 Å². The van der Waals surface area contributed by atoms with Crippen molar-refractivity contribution >= 4 is 58.7 Å². The zero-order valence-electron chi connectivity index (χ0n) is 35.6. The molecule has 0 bridgehead atoms. The topological polar surface area (TPSA) is 251 Å². The van der Waals surface area contributed by atoms with E-state index in [9.17, 15) is 52.2 Å². The molecule has 2 aromatic carbocycles. The van der Waals surface area contributed by atoms with E-state index in [-0.39, 0.29) is 23.7 Å². The molecule has 2 heterocycles. The van der Waals surface area contributed by atoms with Crippen LogP contribution in [0.2, 0.25) is 0 Å². The van der Waals surface area contributed by atoms with E-state index in [0.717, 1.165) is 33.9 Å². The van der Waals surface area contributed by atoms with Crippen molar-refractivity contribution in [3.63, 3.8) is 0 Å². The van der Waals surface area contributed by atoms with Gasteiger partial charge in [0.05, 0.1) is 18.3 Å². The van der Waals surface area contributed by atoms with Crippen LogP contribution < -0.4 is 15.5 Å². The van der Waals surface area contributed by atoms with Crippen LogP contribution in [-0.2, 0) is 44.4 Å². The molecule has 0 fully saturated rings. The number of nitrogens with one attached hydrogen (secondary N) is 2.